The standard InChI is InChI=1S/C12H17N5S/c1-2-15-7-9-17(10-8-15)12-14-13-11(18-12)16-5-3-4-6-16/h3-6H,2,7-10H2,1H3. The van der Waals surface area contributed by atoms with Gasteiger partial charge in [0, 0.05) is 38.6 Å². The molecule has 0 spiro atoms. The molecule has 0 aliphatic carbocycles. The maximum Gasteiger partial charge on any atom is 0.218 e. The van der Waals surface area contributed by atoms with Gasteiger partial charge in [0.05, 0.1) is 0 Å². The van der Waals surface area contributed by atoms with Crippen molar-refractivity contribution in [2.45, 2.75) is 6.92 Å². The quantitative estimate of drug-likeness (QED) is 0.840. The summed E-state index contributed by atoms with van der Waals surface area (Å²) in [5.41, 5.74) is 0. The number of aromatic nitrogens is 3. The van der Waals surface area contributed by atoms with Gasteiger partial charge in [-0.3, -0.25) is 4.57 Å². The first-order valence-corrected chi connectivity index (χ1v) is 7.12. The Morgan fingerprint density at radius 3 is 2.39 bits per heavy atom. The number of piperazine rings is 1. The number of rotatable bonds is 3. The van der Waals surface area contributed by atoms with E-state index in [4.69, 9.17) is 0 Å². The second kappa shape index (κ2) is 5.07. The van der Waals surface area contributed by atoms with Gasteiger partial charge in [0.2, 0.25) is 10.3 Å². The van der Waals surface area contributed by atoms with Crippen LogP contribution in [0.1, 0.15) is 6.92 Å². The van der Waals surface area contributed by atoms with Gasteiger partial charge in [-0.1, -0.05) is 18.3 Å². The maximum absolute atomic E-state index is 4.30. The molecule has 3 rings (SSSR count). The van der Waals surface area contributed by atoms with Gasteiger partial charge in [-0.25, -0.2) is 0 Å². The SMILES string of the molecule is CCN1CCN(c2nnc(-n3cccc3)s2)CC1. The molecule has 0 radical (unpaired) electrons. The summed E-state index contributed by atoms with van der Waals surface area (Å²) in [5, 5.41) is 10.5. The molecule has 18 heavy (non-hydrogen) atoms. The third-order valence-corrected chi connectivity index (χ3v) is 4.32. The van der Waals surface area contributed by atoms with Crippen molar-refractivity contribution in [2.24, 2.45) is 0 Å². The highest BCUT2D eigenvalue weighted by Crippen LogP contribution is 2.24. The Hall–Kier alpha value is -1.40. The zero-order valence-electron chi connectivity index (χ0n) is 10.5. The normalized spacial score (nSPS) is 17.3. The van der Waals surface area contributed by atoms with Crippen molar-refractivity contribution in [3.63, 3.8) is 0 Å². The average Bonchev–Trinajstić information content (AvgIpc) is 3.09. The zero-order chi connectivity index (χ0) is 12.4. The Bertz CT molecular complexity index is 484. The minimum absolute atomic E-state index is 0.938. The van der Waals surface area contributed by atoms with Crippen molar-refractivity contribution in [1.82, 2.24) is 19.7 Å². The van der Waals surface area contributed by atoms with E-state index in [-0.39, 0.29) is 0 Å². The Kier molecular flexibility index (Phi) is 3.29. The van der Waals surface area contributed by atoms with Crippen molar-refractivity contribution in [3.8, 4) is 5.13 Å². The molecule has 6 heteroatoms. The molecule has 0 N–H and O–H groups in total. The lowest BCUT2D eigenvalue weighted by Crippen LogP contribution is -2.46. The van der Waals surface area contributed by atoms with Gasteiger partial charge in [0.15, 0.2) is 0 Å². The van der Waals surface area contributed by atoms with Crippen LogP contribution in [0.2, 0.25) is 0 Å². The molecule has 1 aliphatic heterocycles. The van der Waals surface area contributed by atoms with Crippen LogP contribution in [-0.2, 0) is 0 Å². The van der Waals surface area contributed by atoms with Crippen LogP contribution in [0.15, 0.2) is 24.5 Å². The van der Waals surface area contributed by atoms with Crippen LogP contribution in [0, 0.1) is 0 Å². The topological polar surface area (TPSA) is 37.2 Å². The van der Waals surface area contributed by atoms with Crippen LogP contribution >= 0.6 is 11.3 Å². The molecule has 0 atom stereocenters. The molecule has 1 saturated heterocycles. The summed E-state index contributed by atoms with van der Waals surface area (Å²) in [6, 6.07) is 4.00. The van der Waals surface area contributed by atoms with Crippen LogP contribution in [0.25, 0.3) is 5.13 Å². The van der Waals surface area contributed by atoms with Gasteiger partial charge < -0.3 is 9.80 Å². The Balaban J connectivity index is 1.71. The van der Waals surface area contributed by atoms with Crippen molar-refractivity contribution in [2.75, 3.05) is 37.6 Å². The van der Waals surface area contributed by atoms with Crippen molar-refractivity contribution in [1.29, 1.82) is 0 Å². The smallest absolute Gasteiger partial charge is 0.218 e. The third kappa shape index (κ3) is 2.26. The van der Waals surface area contributed by atoms with E-state index in [0.29, 0.717) is 0 Å². The van der Waals surface area contributed by atoms with E-state index in [2.05, 4.69) is 26.9 Å². The lowest BCUT2D eigenvalue weighted by atomic mass is 10.3. The van der Waals surface area contributed by atoms with Crippen LogP contribution in [0.4, 0.5) is 5.13 Å². The number of hydrogen-bond acceptors (Lipinski definition) is 5. The summed E-state index contributed by atoms with van der Waals surface area (Å²) in [7, 11) is 0. The molecule has 0 amide bonds. The van der Waals surface area contributed by atoms with Gasteiger partial charge in [-0.2, -0.15) is 0 Å². The van der Waals surface area contributed by atoms with Crippen molar-refractivity contribution in [3.05, 3.63) is 24.5 Å². The molecule has 1 fully saturated rings. The summed E-state index contributed by atoms with van der Waals surface area (Å²) >= 11 is 1.65. The van der Waals surface area contributed by atoms with Gasteiger partial charge in [-0.05, 0) is 18.7 Å². The molecule has 96 valence electrons. The molecular formula is C12H17N5S. The molecule has 2 aromatic rings. The Labute approximate surface area is 111 Å². The first-order valence-electron chi connectivity index (χ1n) is 6.31. The van der Waals surface area contributed by atoms with E-state index >= 15 is 0 Å². The molecule has 1 aliphatic rings. The van der Waals surface area contributed by atoms with Gasteiger partial charge in [-0.15, -0.1) is 10.2 Å². The minimum atomic E-state index is 0.938. The fraction of sp³-hybridized carbons (Fsp3) is 0.500. The van der Waals surface area contributed by atoms with Crippen molar-refractivity contribution < 1.29 is 0 Å². The maximum atomic E-state index is 4.30. The van der Waals surface area contributed by atoms with Gasteiger partial charge in [0.25, 0.3) is 0 Å². The molecule has 0 unspecified atom stereocenters. The van der Waals surface area contributed by atoms with Crippen molar-refractivity contribution >= 4 is 16.5 Å². The van der Waals surface area contributed by atoms with Gasteiger partial charge in [0.1, 0.15) is 0 Å². The van der Waals surface area contributed by atoms with Crippen LogP contribution in [0.3, 0.4) is 0 Å². The molecule has 5 nitrogen and oxygen atoms in total. The van der Waals surface area contributed by atoms with E-state index in [9.17, 15) is 0 Å². The van der Waals surface area contributed by atoms with Gasteiger partial charge >= 0.3 is 0 Å². The van der Waals surface area contributed by atoms with Crippen LogP contribution in [-0.4, -0.2) is 52.4 Å². The largest absolute Gasteiger partial charge is 0.344 e. The monoisotopic (exact) mass is 263 g/mol. The van der Waals surface area contributed by atoms with E-state index in [1.165, 1.54) is 0 Å². The Morgan fingerprint density at radius 2 is 1.72 bits per heavy atom. The van der Waals surface area contributed by atoms with E-state index in [1.807, 2.05) is 29.1 Å². The van der Waals surface area contributed by atoms with Crippen LogP contribution < -0.4 is 4.90 Å². The first kappa shape index (κ1) is 11.7. The molecule has 0 aromatic carbocycles. The summed E-state index contributed by atoms with van der Waals surface area (Å²) in [6.07, 6.45) is 4.00. The lowest BCUT2D eigenvalue weighted by molar-refractivity contribution is 0.271. The lowest BCUT2D eigenvalue weighted by Gasteiger charge is -2.33. The number of likely N-dealkylation sites (N-methyl/N-ethyl adjacent to an activating group) is 1. The highest BCUT2D eigenvalue weighted by Gasteiger charge is 2.19. The summed E-state index contributed by atoms with van der Waals surface area (Å²) in [6.45, 7) is 7.69. The first-order chi connectivity index (χ1) is 8.86. The predicted molar refractivity (Wildman–Crippen MR) is 73.6 cm³/mol. The Morgan fingerprint density at radius 1 is 1.06 bits per heavy atom. The highest BCUT2D eigenvalue weighted by atomic mass is 32.1. The second-order valence-electron chi connectivity index (χ2n) is 4.38. The third-order valence-electron chi connectivity index (χ3n) is 3.32. The number of nitrogens with zero attached hydrogens (tertiary/aromatic N) is 5. The van der Waals surface area contributed by atoms with E-state index < -0.39 is 0 Å². The highest BCUT2D eigenvalue weighted by molar-refractivity contribution is 7.17. The zero-order valence-corrected chi connectivity index (χ0v) is 11.3. The average molecular weight is 263 g/mol. The predicted octanol–water partition coefficient (Wildman–Crippen LogP) is 1.47. The van der Waals surface area contributed by atoms with Crippen LogP contribution in [0.5, 0.6) is 0 Å². The summed E-state index contributed by atoms with van der Waals surface area (Å²) in [4.78, 5) is 4.79. The van der Waals surface area contributed by atoms with E-state index in [1.54, 1.807) is 11.3 Å². The minimum Gasteiger partial charge on any atom is -0.344 e. The fourth-order valence-corrected chi connectivity index (χ4v) is 3.02. The molecule has 0 bridgehead atoms. The molecule has 3 heterocycles. The summed E-state index contributed by atoms with van der Waals surface area (Å²) in [5.74, 6) is 0. The van der Waals surface area contributed by atoms with E-state index in [0.717, 1.165) is 43.0 Å². The molecule has 0 saturated carbocycles. The molecule has 2 aromatic heterocycles. The fourth-order valence-electron chi connectivity index (χ4n) is 2.16. The molecular weight excluding hydrogens is 246 g/mol. The number of hydrogen-bond donors (Lipinski definition) is 0. The summed E-state index contributed by atoms with van der Waals surface area (Å²) < 4.78 is 2.00. The second-order valence-corrected chi connectivity index (χ2v) is 5.31. The number of anilines is 1.